The third-order valence-electron chi connectivity index (χ3n) is 3.17. The zero-order valence-corrected chi connectivity index (χ0v) is 13.2. The quantitative estimate of drug-likeness (QED) is 0.685. The van der Waals surface area contributed by atoms with E-state index < -0.39 is 15.9 Å². The summed E-state index contributed by atoms with van der Waals surface area (Å²) in [6, 6.07) is 18.0. The summed E-state index contributed by atoms with van der Waals surface area (Å²) in [5.41, 5.74) is 3.04. The molecule has 0 aliphatic heterocycles. The van der Waals surface area contributed by atoms with Crippen molar-refractivity contribution in [2.75, 3.05) is 0 Å². The molecule has 0 aliphatic carbocycles. The molecule has 3 nitrogen and oxygen atoms in total. The Bertz CT molecular complexity index is 774. The van der Waals surface area contributed by atoms with Crippen molar-refractivity contribution in [2.24, 2.45) is 0 Å². The molecular weight excluding hydrogens is 277 g/mol. The van der Waals surface area contributed by atoms with Crippen molar-refractivity contribution < 1.29 is 7.58 Å². The first-order valence-corrected chi connectivity index (χ1v) is 7.75. The number of hydrogen-bond acceptors (Lipinski definition) is 3. The number of nitrogens with zero attached hydrogens (tertiary/aromatic N) is 1. The number of aryl methyl sites for hydroxylation is 2. The molecule has 0 aliphatic rings. The van der Waals surface area contributed by atoms with Crippen molar-refractivity contribution in [1.29, 1.82) is 0 Å². The van der Waals surface area contributed by atoms with Gasteiger partial charge in [0.2, 0.25) is 0 Å². The van der Waals surface area contributed by atoms with Gasteiger partial charge in [0.25, 0.3) is 0 Å². The molecule has 4 heteroatoms. The Balaban J connectivity index is 1.75. The lowest BCUT2D eigenvalue weighted by molar-refractivity contribution is 0.461. The van der Waals surface area contributed by atoms with Crippen molar-refractivity contribution in [2.45, 2.75) is 13.8 Å². The molecule has 0 atom stereocenters. The molecule has 0 spiro atoms. The molecule has 0 saturated carbocycles. The minimum Gasteiger partial charge on any atom is -0.616 e. The fourth-order valence-corrected chi connectivity index (χ4v) is 2.73. The van der Waals surface area contributed by atoms with Gasteiger partial charge in [-0.3, -0.25) is 0 Å². The van der Waals surface area contributed by atoms with Gasteiger partial charge in [0.05, 0.1) is 5.75 Å². The standard InChI is InChI=1S/C10H9NO.C7H8O.Al/c1-7-5-6-8-3-2-4-9(12)10(8)11-7;1-6-3-2-4-7(8)5-6;/h2-6,12H,1H3;2-5,8H,1H3;/q;;+2/p-2. The Morgan fingerprint density at radius 3 is 2.62 bits per heavy atom. The molecule has 0 amide bonds. The Kier molecular flexibility index (Phi) is 4.10. The summed E-state index contributed by atoms with van der Waals surface area (Å²) in [4.78, 5) is 4.55. The van der Waals surface area contributed by atoms with Gasteiger partial charge in [-0.1, -0.05) is 30.3 Å². The molecule has 0 fully saturated rings. The van der Waals surface area contributed by atoms with Gasteiger partial charge in [-0.2, -0.15) is 0 Å². The molecule has 1 aromatic heterocycles. The minimum absolute atomic E-state index is 0.619. The predicted molar refractivity (Wildman–Crippen MR) is 84.7 cm³/mol. The van der Waals surface area contributed by atoms with E-state index in [1.807, 2.05) is 62.4 Å². The van der Waals surface area contributed by atoms with Crippen molar-refractivity contribution in [3.63, 3.8) is 0 Å². The number of hydrogen-bond donors (Lipinski definition) is 0. The van der Waals surface area contributed by atoms with E-state index in [1.54, 1.807) is 0 Å². The zero-order chi connectivity index (χ0) is 14.7. The second-order valence-corrected chi connectivity index (χ2v) is 5.59. The lowest BCUT2D eigenvalue weighted by Crippen LogP contribution is -2.11. The van der Waals surface area contributed by atoms with Crippen LogP contribution in [0.25, 0.3) is 10.9 Å². The van der Waals surface area contributed by atoms with Crippen molar-refractivity contribution in [3.8, 4) is 11.5 Å². The summed E-state index contributed by atoms with van der Waals surface area (Å²) >= 11 is -0.619. The Hall–Kier alpha value is -2.02. The summed E-state index contributed by atoms with van der Waals surface area (Å²) in [6.07, 6.45) is 0. The van der Waals surface area contributed by atoms with Crippen molar-refractivity contribution in [3.05, 3.63) is 65.9 Å². The highest BCUT2D eigenvalue weighted by molar-refractivity contribution is 6.21. The monoisotopic (exact) mass is 292 g/mol. The lowest BCUT2D eigenvalue weighted by Gasteiger charge is -2.11. The first kappa shape index (κ1) is 13.9. The third kappa shape index (κ3) is 3.36. The highest BCUT2D eigenvalue weighted by Gasteiger charge is 2.09. The maximum absolute atomic E-state index is 5.82. The molecule has 3 rings (SSSR count). The summed E-state index contributed by atoms with van der Waals surface area (Å²) in [5.74, 6) is 1.62. The number of para-hydroxylation sites is 1. The van der Waals surface area contributed by atoms with Gasteiger partial charge < -0.3 is 7.58 Å². The van der Waals surface area contributed by atoms with Crippen LogP contribution >= 0.6 is 0 Å². The maximum Gasteiger partial charge on any atom is 0.881 e. The van der Waals surface area contributed by atoms with Gasteiger partial charge in [-0.25, -0.2) is 4.98 Å². The van der Waals surface area contributed by atoms with Crippen molar-refractivity contribution >= 4 is 26.8 Å². The second-order valence-electron chi connectivity index (χ2n) is 4.93. The van der Waals surface area contributed by atoms with Crippen LogP contribution in [0.2, 0.25) is 0 Å². The number of rotatable bonds is 4. The van der Waals surface area contributed by atoms with Crippen LogP contribution in [0, 0.1) is 13.8 Å². The van der Waals surface area contributed by atoms with Crippen LogP contribution in [0.15, 0.2) is 54.6 Å². The van der Waals surface area contributed by atoms with Gasteiger partial charge in [-0.15, -0.1) is 0 Å². The van der Waals surface area contributed by atoms with Crippen LogP contribution in [-0.2, 0) is 0 Å². The van der Waals surface area contributed by atoms with E-state index in [0.29, 0.717) is 0 Å². The topological polar surface area (TPSA) is 31.4 Å². The van der Waals surface area contributed by atoms with Gasteiger partial charge in [0.15, 0.2) is 0 Å². The lowest BCUT2D eigenvalue weighted by atomic mass is 10.2. The van der Waals surface area contributed by atoms with E-state index >= 15 is 0 Å². The Morgan fingerprint density at radius 2 is 1.76 bits per heavy atom. The van der Waals surface area contributed by atoms with E-state index in [2.05, 4.69) is 11.1 Å². The number of pyridine rings is 1. The largest absolute Gasteiger partial charge is 0.881 e. The molecule has 3 aromatic rings. The summed E-state index contributed by atoms with van der Waals surface area (Å²) in [7, 11) is 0. The molecule has 1 heterocycles. The van der Waals surface area contributed by atoms with E-state index in [9.17, 15) is 0 Å². The van der Waals surface area contributed by atoms with E-state index in [4.69, 9.17) is 7.58 Å². The number of fused-ring (bicyclic) bond motifs is 1. The predicted octanol–water partition coefficient (Wildman–Crippen LogP) is 3.84. The Morgan fingerprint density at radius 1 is 0.905 bits per heavy atom. The first-order valence-electron chi connectivity index (χ1n) is 6.80. The van der Waals surface area contributed by atoms with E-state index in [1.165, 1.54) is 5.56 Å². The smallest absolute Gasteiger partial charge is 0.616 e. The molecule has 1 radical (unpaired) electrons. The molecule has 0 saturated heterocycles. The molecule has 0 bridgehead atoms. The molecule has 103 valence electrons. The first-order chi connectivity index (χ1) is 10.2. The van der Waals surface area contributed by atoms with Gasteiger partial charge >= 0.3 is 15.9 Å². The van der Waals surface area contributed by atoms with Crippen LogP contribution < -0.4 is 7.58 Å². The average molecular weight is 292 g/mol. The molecule has 0 unspecified atom stereocenters. The number of benzene rings is 2. The fourth-order valence-electron chi connectivity index (χ4n) is 2.13. The number of aromatic nitrogens is 1. The zero-order valence-electron chi connectivity index (χ0n) is 12.0. The summed E-state index contributed by atoms with van der Waals surface area (Å²) in [5, 5.41) is 1.08. The summed E-state index contributed by atoms with van der Waals surface area (Å²) in [6.45, 7) is 4.02. The van der Waals surface area contributed by atoms with Crippen LogP contribution in [-0.4, -0.2) is 20.9 Å². The fraction of sp³-hybridized carbons (Fsp3) is 0.118. The van der Waals surface area contributed by atoms with Gasteiger partial charge in [-0.05, 0) is 43.7 Å². The normalized spacial score (nSPS) is 10.4. The molecule has 0 N–H and O–H groups in total. The highest BCUT2D eigenvalue weighted by Crippen LogP contribution is 2.23. The third-order valence-corrected chi connectivity index (χ3v) is 3.89. The van der Waals surface area contributed by atoms with Crippen LogP contribution in [0.1, 0.15) is 11.3 Å². The highest BCUT2D eigenvalue weighted by atomic mass is 27.2. The van der Waals surface area contributed by atoms with Crippen LogP contribution in [0.5, 0.6) is 11.5 Å². The Labute approximate surface area is 130 Å². The SMILES string of the molecule is Cc1cccc([O][Al][O]c2cccc3ccc(C)nc23)c1. The van der Waals surface area contributed by atoms with E-state index in [0.717, 1.165) is 28.1 Å². The maximum atomic E-state index is 5.82. The molecule has 21 heavy (non-hydrogen) atoms. The van der Waals surface area contributed by atoms with Crippen LogP contribution in [0.3, 0.4) is 0 Å². The second kappa shape index (κ2) is 6.17. The average Bonchev–Trinajstić information content (AvgIpc) is 2.48. The summed E-state index contributed by atoms with van der Waals surface area (Å²) < 4.78 is 11.5. The molecular formula is C17H15AlNO2. The van der Waals surface area contributed by atoms with Gasteiger partial charge in [0, 0.05) is 11.1 Å². The van der Waals surface area contributed by atoms with E-state index in [-0.39, 0.29) is 0 Å². The van der Waals surface area contributed by atoms with Crippen molar-refractivity contribution in [1.82, 2.24) is 4.98 Å². The minimum atomic E-state index is -0.619. The van der Waals surface area contributed by atoms with Gasteiger partial charge in [0.1, 0.15) is 11.3 Å². The van der Waals surface area contributed by atoms with Crippen LogP contribution in [0.4, 0.5) is 0 Å². The molecule has 2 aromatic carbocycles.